The van der Waals surface area contributed by atoms with Gasteiger partial charge in [-0.05, 0) is 36.8 Å². The number of rotatable bonds is 6. The second-order valence-electron chi connectivity index (χ2n) is 6.74. The predicted octanol–water partition coefficient (Wildman–Crippen LogP) is 2.70. The first kappa shape index (κ1) is 18.6. The molecule has 7 nitrogen and oxygen atoms in total. The summed E-state index contributed by atoms with van der Waals surface area (Å²) in [5.41, 5.74) is 2.20. The highest BCUT2D eigenvalue weighted by atomic mass is 16.2. The quantitative estimate of drug-likeness (QED) is 0.551. The number of para-hydroxylation sites is 2. The van der Waals surface area contributed by atoms with Gasteiger partial charge in [-0.15, -0.1) is 0 Å². The zero-order valence-corrected chi connectivity index (χ0v) is 16.1. The average molecular weight is 387 g/mol. The molecule has 146 valence electrons. The van der Waals surface area contributed by atoms with E-state index in [0.717, 1.165) is 11.3 Å². The fourth-order valence-electron chi connectivity index (χ4n) is 3.23. The highest BCUT2D eigenvalue weighted by Crippen LogP contribution is 2.11. The van der Waals surface area contributed by atoms with Crippen LogP contribution in [0.1, 0.15) is 18.3 Å². The average Bonchev–Trinajstić information content (AvgIpc) is 3.21. The van der Waals surface area contributed by atoms with Gasteiger partial charge in [0.05, 0.1) is 35.8 Å². The van der Waals surface area contributed by atoms with E-state index in [0.29, 0.717) is 23.3 Å². The van der Waals surface area contributed by atoms with Crippen LogP contribution in [0.5, 0.6) is 0 Å². The number of hydrogen-bond acceptors (Lipinski definition) is 4. The van der Waals surface area contributed by atoms with E-state index in [-0.39, 0.29) is 24.4 Å². The Morgan fingerprint density at radius 1 is 1.10 bits per heavy atom. The van der Waals surface area contributed by atoms with Crippen molar-refractivity contribution in [3.63, 3.8) is 0 Å². The van der Waals surface area contributed by atoms with Gasteiger partial charge in [0.25, 0.3) is 5.56 Å². The van der Waals surface area contributed by atoms with Gasteiger partial charge < -0.3 is 9.88 Å². The summed E-state index contributed by atoms with van der Waals surface area (Å²) in [5, 5.41) is 4.88. The maximum Gasteiger partial charge on any atom is 0.258 e. The molecule has 0 atom stereocenters. The number of fused-ring (bicyclic) bond motifs is 1. The van der Waals surface area contributed by atoms with Gasteiger partial charge in [-0.1, -0.05) is 30.3 Å². The normalized spacial score (nSPS) is 10.9. The summed E-state index contributed by atoms with van der Waals surface area (Å²) < 4.78 is 1.75. The van der Waals surface area contributed by atoms with E-state index in [1.54, 1.807) is 34.0 Å². The Morgan fingerprint density at radius 2 is 1.86 bits per heavy atom. The molecule has 4 rings (SSSR count). The highest BCUT2D eigenvalue weighted by molar-refractivity contribution is 5.79. The number of nitrogens with zero attached hydrogens (tertiary/aromatic N) is 4. The minimum absolute atomic E-state index is 0.0454. The second-order valence-corrected chi connectivity index (χ2v) is 6.74. The molecule has 0 fully saturated rings. The van der Waals surface area contributed by atoms with Gasteiger partial charge in [0, 0.05) is 12.7 Å². The number of aromatic nitrogens is 4. The number of likely N-dealkylation sites (N-methyl/N-ethyl adjacent to an activating group) is 1. The number of benzene rings is 2. The highest BCUT2D eigenvalue weighted by Gasteiger charge is 2.16. The first-order valence-corrected chi connectivity index (χ1v) is 9.48. The Hall–Kier alpha value is -3.74. The van der Waals surface area contributed by atoms with Crippen LogP contribution in [-0.2, 0) is 17.8 Å². The molecule has 0 unspecified atom stereocenters. The number of amides is 1. The third-order valence-electron chi connectivity index (χ3n) is 4.75. The third kappa shape index (κ3) is 4.08. The number of nitrogens with one attached hydrogen (secondary N) is 1. The van der Waals surface area contributed by atoms with Gasteiger partial charge >= 0.3 is 0 Å². The van der Waals surface area contributed by atoms with Gasteiger partial charge in [-0.2, -0.15) is 5.10 Å². The standard InChI is InChI=1S/C22H21N5O2/c1-2-26(15-20-24-19-11-7-6-10-18(19)22(29)25-20)21(28)12-16-13-23-27(14-16)17-8-4-3-5-9-17/h3-11,13-14H,2,12,15H2,1H3,(H,24,25,29). The van der Waals surface area contributed by atoms with E-state index >= 15 is 0 Å². The van der Waals surface area contributed by atoms with Crippen molar-refractivity contribution in [3.05, 3.63) is 88.7 Å². The fraction of sp³-hybridized carbons (Fsp3) is 0.182. The molecule has 0 saturated heterocycles. The molecule has 0 radical (unpaired) electrons. The number of carbonyl (C=O) groups excluding carboxylic acids is 1. The van der Waals surface area contributed by atoms with Crippen LogP contribution >= 0.6 is 0 Å². The van der Waals surface area contributed by atoms with Crippen LogP contribution in [0.25, 0.3) is 16.6 Å². The summed E-state index contributed by atoms with van der Waals surface area (Å²) in [6.07, 6.45) is 3.80. The monoisotopic (exact) mass is 387 g/mol. The minimum atomic E-state index is -0.196. The smallest absolute Gasteiger partial charge is 0.258 e. The van der Waals surface area contributed by atoms with E-state index in [2.05, 4.69) is 15.1 Å². The Morgan fingerprint density at radius 3 is 2.66 bits per heavy atom. The second kappa shape index (κ2) is 8.10. The summed E-state index contributed by atoms with van der Waals surface area (Å²) in [5.74, 6) is 0.430. The first-order valence-electron chi connectivity index (χ1n) is 9.48. The van der Waals surface area contributed by atoms with Gasteiger partial charge in [0.1, 0.15) is 5.82 Å². The predicted molar refractivity (Wildman–Crippen MR) is 111 cm³/mol. The SMILES string of the molecule is CCN(Cc1nc2ccccc2c(=O)[nH]1)C(=O)Cc1cnn(-c2ccccc2)c1. The molecule has 0 aliphatic carbocycles. The molecule has 29 heavy (non-hydrogen) atoms. The van der Waals surface area contributed by atoms with Crippen molar-refractivity contribution in [1.29, 1.82) is 0 Å². The van der Waals surface area contributed by atoms with Crippen LogP contribution in [0.4, 0.5) is 0 Å². The van der Waals surface area contributed by atoms with Crippen molar-refractivity contribution in [1.82, 2.24) is 24.6 Å². The molecule has 0 spiro atoms. The lowest BCUT2D eigenvalue weighted by molar-refractivity contribution is -0.131. The molecule has 1 N–H and O–H groups in total. The van der Waals surface area contributed by atoms with E-state index in [1.165, 1.54) is 0 Å². The zero-order valence-electron chi connectivity index (χ0n) is 16.1. The van der Waals surface area contributed by atoms with Crippen molar-refractivity contribution in [3.8, 4) is 5.69 Å². The number of hydrogen-bond donors (Lipinski definition) is 1. The van der Waals surface area contributed by atoms with Gasteiger partial charge in [-0.25, -0.2) is 9.67 Å². The number of aromatic amines is 1. The fourth-order valence-corrected chi connectivity index (χ4v) is 3.23. The molecule has 0 aliphatic heterocycles. The summed E-state index contributed by atoms with van der Waals surface area (Å²) >= 11 is 0. The summed E-state index contributed by atoms with van der Waals surface area (Å²) in [7, 11) is 0. The van der Waals surface area contributed by atoms with Crippen molar-refractivity contribution < 1.29 is 4.79 Å². The van der Waals surface area contributed by atoms with Crippen molar-refractivity contribution in [2.45, 2.75) is 19.9 Å². The molecule has 2 aromatic carbocycles. The van der Waals surface area contributed by atoms with Crippen LogP contribution in [0.3, 0.4) is 0 Å². The summed E-state index contributed by atoms with van der Waals surface area (Å²) in [6, 6.07) is 16.9. The molecular weight excluding hydrogens is 366 g/mol. The molecule has 1 amide bonds. The minimum Gasteiger partial charge on any atom is -0.335 e. The maximum absolute atomic E-state index is 12.8. The molecule has 2 heterocycles. The summed E-state index contributed by atoms with van der Waals surface area (Å²) in [4.78, 5) is 34.0. The van der Waals surface area contributed by atoms with E-state index in [1.807, 2.05) is 49.5 Å². The number of carbonyl (C=O) groups is 1. The molecule has 2 aromatic heterocycles. The van der Waals surface area contributed by atoms with Crippen LogP contribution in [0.15, 0.2) is 71.8 Å². The lowest BCUT2D eigenvalue weighted by Crippen LogP contribution is -2.33. The summed E-state index contributed by atoms with van der Waals surface area (Å²) in [6.45, 7) is 2.68. The molecule has 7 heteroatoms. The van der Waals surface area contributed by atoms with Gasteiger partial charge in [0.2, 0.25) is 5.91 Å². The lowest BCUT2D eigenvalue weighted by Gasteiger charge is -2.20. The molecule has 0 bridgehead atoms. The van der Waals surface area contributed by atoms with Crippen molar-refractivity contribution >= 4 is 16.8 Å². The first-order chi connectivity index (χ1) is 14.1. The zero-order chi connectivity index (χ0) is 20.2. The van der Waals surface area contributed by atoms with E-state index in [4.69, 9.17) is 0 Å². The van der Waals surface area contributed by atoms with Crippen LogP contribution < -0.4 is 5.56 Å². The Balaban J connectivity index is 1.49. The Labute approximate surface area is 167 Å². The number of H-pyrrole nitrogens is 1. The van der Waals surface area contributed by atoms with Crippen LogP contribution in [0.2, 0.25) is 0 Å². The Bertz CT molecular complexity index is 1200. The van der Waals surface area contributed by atoms with Gasteiger partial charge in [0.15, 0.2) is 0 Å². The van der Waals surface area contributed by atoms with Crippen LogP contribution in [-0.4, -0.2) is 37.1 Å². The van der Waals surface area contributed by atoms with Crippen molar-refractivity contribution in [2.24, 2.45) is 0 Å². The molecular formula is C22H21N5O2. The molecule has 4 aromatic rings. The van der Waals surface area contributed by atoms with Crippen LogP contribution in [0, 0.1) is 0 Å². The van der Waals surface area contributed by atoms with Gasteiger partial charge in [-0.3, -0.25) is 9.59 Å². The lowest BCUT2D eigenvalue weighted by atomic mass is 10.2. The van der Waals surface area contributed by atoms with Crippen molar-refractivity contribution in [2.75, 3.05) is 6.54 Å². The Kier molecular flexibility index (Phi) is 5.20. The molecule has 0 aliphatic rings. The topological polar surface area (TPSA) is 83.9 Å². The third-order valence-corrected chi connectivity index (χ3v) is 4.75. The molecule has 0 saturated carbocycles. The van der Waals surface area contributed by atoms with E-state index in [9.17, 15) is 9.59 Å². The van der Waals surface area contributed by atoms with E-state index < -0.39 is 0 Å². The largest absolute Gasteiger partial charge is 0.335 e. The maximum atomic E-state index is 12.8.